The van der Waals surface area contributed by atoms with Crippen molar-refractivity contribution in [2.75, 3.05) is 46.4 Å². The number of nitrogens with zero attached hydrogens (tertiary/aromatic N) is 3. The number of nitrogens with one attached hydrogen (secondary N) is 1. The number of rotatable bonds is 10. The second-order valence-electron chi connectivity index (χ2n) is 9.93. The topological polar surface area (TPSA) is 44.4 Å². The molecule has 0 amide bonds. The molecule has 0 saturated carbocycles. The SMILES string of the molecule is CCCCCC=Cc1ccnc2[nH]c3ccc(-c4ccc(OCCN5CCN(C)CC5)cc4)cc3c12. The molecule has 5 nitrogen and oxygen atoms in total. The van der Waals surface area contributed by atoms with Gasteiger partial charge in [0, 0.05) is 55.2 Å². The average molecular weight is 483 g/mol. The summed E-state index contributed by atoms with van der Waals surface area (Å²) < 4.78 is 6.04. The number of allylic oxidation sites excluding steroid dienone is 1. The van der Waals surface area contributed by atoms with Gasteiger partial charge in [0.15, 0.2) is 0 Å². The van der Waals surface area contributed by atoms with Crippen LogP contribution in [0.3, 0.4) is 0 Å². The highest BCUT2D eigenvalue weighted by molar-refractivity contribution is 6.10. The molecule has 0 aliphatic carbocycles. The van der Waals surface area contributed by atoms with Crippen LogP contribution in [0.5, 0.6) is 5.75 Å². The number of hydrogen-bond donors (Lipinski definition) is 1. The van der Waals surface area contributed by atoms with E-state index in [9.17, 15) is 0 Å². The summed E-state index contributed by atoms with van der Waals surface area (Å²) in [7, 11) is 2.19. The number of likely N-dealkylation sites (N-methyl/N-ethyl adjacent to an activating group) is 1. The van der Waals surface area contributed by atoms with E-state index in [1.54, 1.807) is 0 Å². The summed E-state index contributed by atoms with van der Waals surface area (Å²) in [6, 6.07) is 17.3. The molecule has 1 saturated heterocycles. The Bertz CT molecular complexity index is 1300. The van der Waals surface area contributed by atoms with Gasteiger partial charge in [-0.05, 0) is 66.9 Å². The predicted molar refractivity (Wildman–Crippen MR) is 152 cm³/mol. The Morgan fingerprint density at radius 1 is 0.972 bits per heavy atom. The first-order valence-corrected chi connectivity index (χ1v) is 13.4. The third-order valence-corrected chi connectivity index (χ3v) is 7.26. The number of pyridine rings is 1. The Labute approximate surface area is 214 Å². The molecule has 188 valence electrons. The van der Waals surface area contributed by atoms with Crippen LogP contribution < -0.4 is 4.74 Å². The molecule has 36 heavy (non-hydrogen) atoms. The Morgan fingerprint density at radius 2 is 1.78 bits per heavy atom. The van der Waals surface area contributed by atoms with Crippen molar-refractivity contribution in [1.29, 1.82) is 0 Å². The molecular weight excluding hydrogens is 444 g/mol. The maximum Gasteiger partial charge on any atom is 0.138 e. The summed E-state index contributed by atoms with van der Waals surface area (Å²) in [5.41, 5.74) is 5.69. The average Bonchev–Trinajstić information content (AvgIpc) is 3.29. The highest BCUT2D eigenvalue weighted by atomic mass is 16.5. The third-order valence-electron chi connectivity index (χ3n) is 7.26. The number of hydrogen-bond acceptors (Lipinski definition) is 4. The lowest BCUT2D eigenvalue weighted by Crippen LogP contribution is -2.45. The summed E-state index contributed by atoms with van der Waals surface area (Å²) >= 11 is 0. The summed E-state index contributed by atoms with van der Waals surface area (Å²) in [5, 5.41) is 2.42. The largest absolute Gasteiger partial charge is 0.492 e. The number of aromatic amines is 1. The van der Waals surface area contributed by atoms with Gasteiger partial charge in [-0.3, -0.25) is 4.90 Å². The van der Waals surface area contributed by atoms with E-state index in [-0.39, 0.29) is 0 Å². The van der Waals surface area contributed by atoms with Crippen molar-refractivity contribution in [1.82, 2.24) is 19.8 Å². The van der Waals surface area contributed by atoms with Crippen LogP contribution in [0, 0.1) is 0 Å². The molecule has 2 aromatic carbocycles. The number of benzene rings is 2. The summed E-state index contributed by atoms with van der Waals surface area (Å²) in [6.45, 7) is 8.49. The summed E-state index contributed by atoms with van der Waals surface area (Å²) in [6.07, 6.45) is 11.4. The molecule has 1 N–H and O–H groups in total. The fourth-order valence-corrected chi connectivity index (χ4v) is 4.99. The molecule has 1 aliphatic heterocycles. The lowest BCUT2D eigenvalue weighted by atomic mass is 10.0. The van der Waals surface area contributed by atoms with Crippen molar-refractivity contribution in [3.63, 3.8) is 0 Å². The van der Waals surface area contributed by atoms with Gasteiger partial charge in [-0.15, -0.1) is 0 Å². The number of ether oxygens (including phenoxy) is 1. The van der Waals surface area contributed by atoms with Gasteiger partial charge in [0.2, 0.25) is 0 Å². The quantitative estimate of drug-likeness (QED) is 0.259. The number of piperazine rings is 1. The second-order valence-corrected chi connectivity index (χ2v) is 9.93. The number of unbranched alkanes of at least 4 members (excludes halogenated alkanes) is 3. The first kappa shape index (κ1) is 24.5. The van der Waals surface area contributed by atoms with Crippen LogP contribution in [-0.2, 0) is 0 Å². The van der Waals surface area contributed by atoms with E-state index in [2.05, 4.69) is 94.4 Å². The van der Waals surface area contributed by atoms with Gasteiger partial charge in [0.1, 0.15) is 18.0 Å². The van der Waals surface area contributed by atoms with Crippen LogP contribution in [-0.4, -0.2) is 66.1 Å². The maximum absolute atomic E-state index is 6.04. The van der Waals surface area contributed by atoms with Gasteiger partial charge in [-0.1, -0.05) is 50.1 Å². The molecule has 5 heteroatoms. The zero-order valence-corrected chi connectivity index (χ0v) is 21.7. The minimum atomic E-state index is 0.728. The molecule has 0 radical (unpaired) electrons. The van der Waals surface area contributed by atoms with Crippen LogP contribution in [0.4, 0.5) is 0 Å². The normalized spacial score (nSPS) is 15.4. The molecule has 0 unspecified atom stereocenters. The van der Waals surface area contributed by atoms with Crippen molar-refractivity contribution in [3.8, 4) is 16.9 Å². The first-order valence-electron chi connectivity index (χ1n) is 13.4. The van der Waals surface area contributed by atoms with Crippen molar-refractivity contribution >= 4 is 28.0 Å². The van der Waals surface area contributed by atoms with E-state index in [0.29, 0.717) is 0 Å². The van der Waals surface area contributed by atoms with Gasteiger partial charge in [0.25, 0.3) is 0 Å². The van der Waals surface area contributed by atoms with Crippen molar-refractivity contribution in [3.05, 3.63) is 66.4 Å². The van der Waals surface area contributed by atoms with Gasteiger partial charge in [-0.2, -0.15) is 0 Å². The Balaban J connectivity index is 1.29. The molecule has 1 fully saturated rings. The van der Waals surface area contributed by atoms with Crippen molar-refractivity contribution in [2.24, 2.45) is 0 Å². The molecule has 5 rings (SSSR count). The Hall–Kier alpha value is -3.15. The van der Waals surface area contributed by atoms with Gasteiger partial charge >= 0.3 is 0 Å². The monoisotopic (exact) mass is 482 g/mol. The van der Waals surface area contributed by atoms with Crippen LogP contribution >= 0.6 is 0 Å². The zero-order chi connectivity index (χ0) is 24.7. The van der Waals surface area contributed by atoms with E-state index >= 15 is 0 Å². The highest BCUT2D eigenvalue weighted by Crippen LogP contribution is 2.32. The maximum atomic E-state index is 6.04. The van der Waals surface area contributed by atoms with E-state index in [1.165, 1.54) is 46.7 Å². The standard InChI is InChI=1S/C31H38N4O/c1-3-4-5-6-7-8-25-15-16-32-31-30(25)28-23-26(11-14-29(28)33-31)24-9-12-27(13-10-24)36-22-21-35-19-17-34(2)18-20-35/h7-16,23H,3-6,17-22H2,1-2H3,(H,32,33). The summed E-state index contributed by atoms with van der Waals surface area (Å²) in [4.78, 5) is 13.0. The van der Waals surface area contributed by atoms with Gasteiger partial charge in [0.05, 0.1) is 0 Å². The molecule has 1 aliphatic rings. The molecule has 0 bridgehead atoms. The highest BCUT2D eigenvalue weighted by Gasteiger charge is 2.13. The van der Waals surface area contributed by atoms with Crippen LogP contribution in [0.25, 0.3) is 39.1 Å². The number of aromatic nitrogens is 2. The Morgan fingerprint density at radius 3 is 2.58 bits per heavy atom. The minimum absolute atomic E-state index is 0.728. The van der Waals surface area contributed by atoms with Crippen molar-refractivity contribution < 1.29 is 4.74 Å². The van der Waals surface area contributed by atoms with Crippen molar-refractivity contribution in [2.45, 2.75) is 32.6 Å². The lowest BCUT2D eigenvalue weighted by Gasteiger charge is -2.32. The zero-order valence-electron chi connectivity index (χ0n) is 21.7. The fraction of sp³-hybridized carbons (Fsp3) is 0.387. The molecule has 3 heterocycles. The van der Waals surface area contributed by atoms with Gasteiger partial charge in [-0.25, -0.2) is 4.98 Å². The third kappa shape index (κ3) is 5.80. The first-order chi connectivity index (χ1) is 17.7. The molecule has 2 aromatic heterocycles. The van der Waals surface area contributed by atoms with E-state index < -0.39 is 0 Å². The van der Waals surface area contributed by atoms with E-state index in [1.807, 2.05) is 6.20 Å². The van der Waals surface area contributed by atoms with Crippen LogP contribution in [0.1, 0.15) is 38.2 Å². The fourth-order valence-electron chi connectivity index (χ4n) is 4.99. The second kappa shape index (κ2) is 11.7. The molecule has 0 atom stereocenters. The predicted octanol–water partition coefficient (Wildman–Crippen LogP) is 6.60. The van der Waals surface area contributed by atoms with Crippen LogP contribution in [0.15, 0.2) is 60.8 Å². The molecule has 0 spiro atoms. The number of H-pyrrole nitrogens is 1. The van der Waals surface area contributed by atoms with Crippen LogP contribution in [0.2, 0.25) is 0 Å². The number of fused-ring (bicyclic) bond motifs is 3. The smallest absolute Gasteiger partial charge is 0.138 e. The molecular formula is C31H38N4O. The summed E-state index contributed by atoms with van der Waals surface area (Å²) in [5.74, 6) is 0.931. The molecule has 4 aromatic rings. The Kier molecular flexibility index (Phi) is 7.99. The van der Waals surface area contributed by atoms with Gasteiger partial charge < -0.3 is 14.6 Å². The van der Waals surface area contributed by atoms with E-state index in [0.717, 1.165) is 62.7 Å². The minimum Gasteiger partial charge on any atom is -0.492 e. The van der Waals surface area contributed by atoms with E-state index in [4.69, 9.17) is 4.74 Å². The lowest BCUT2D eigenvalue weighted by molar-refractivity contribution is 0.134.